The summed E-state index contributed by atoms with van der Waals surface area (Å²) in [4.78, 5) is 19.1. The van der Waals surface area contributed by atoms with E-state index in [2.05, 4.69) is 31.2 Å². The van der Waals surface area contributed by atoms with Gasteiger partial charge in [-0.2, -0.15) is 0 Å². The summed E-state index contributed by atoms with van der Waals surface area (Å²) in [5, 5.41) is 3.17. The third kappa shape index (κ3) is 2.69. The number of nitrogens with zero attached hydrogens (tertiary/aromatic N) is 1. The lowest BCUT2D eigenvalue weighted by Crippen LogP contribution is -2.11. The maximum absolute atomic E-state index is 12.1. The molecule has 2 aromatic carbocycles. The van der Waals surface area contributed by atoms with Gasteiger partial charge in [0.15, 0.2) is 0 Å². The highest BCUT2D eigenvalue weighted by Gasteiger charge is 2.08. The molecule has 0 spiro atoms. The maximum atomic E-state index is 12.1. The first kappa shape index (κ1) is 13.1. The van der Waals surface area contributed by atoms with Crippen LogP contribution in [0.5, 0.6) is 0 Å². The van der Waals surface area contributed by atoms with E-state index >= 15 is 0 Å². The fourth-order valence-corrected chi connectivity index (χ4v) is 2.48. The van der Waals surface area contributed by atoms with Gasteiger partial charge in [0.1, 0.15) is 0 Å². The first-order valence-electron chi connectivity index (χ1n) is 5.84. The molecular weight excluding hydrogens is 342 g/mol. The second-order valence-electron chi connectivity index (χ2n) is 4.22. The summed E-state index contributed by atoms with van der Waals surface area (Å²) < 4.78 is 0.862. The van der Waals surface area contributed by atoms with Crippen LogP contribution in [0, 0.1) is 0 Å². The molecule has 100 valence electrons. The highest BCUT2D eigenvalue weighted by atomic mass is 79.9. The fraction of sp³-hybridized carbons (Fsp3) is 0. The van der Waals surface area contributed by atoms with Gasteiger partial charge in [0.05, 0.1) is 11.0 Å². The Morgan fingerprint density at radius 2 is 2.10 bits per heavy atom. The number of imidazole rings is 1. The van der Waals surface area contributed by atoms with Gasteiger partial charge in [-0.15, -0.1) is 0 Å². The summed E-state index contributed by atoms with van der Waals surface area (Å²) in [6, 6.07) is 12.6. The summed E-state index contributed by atoms with van der Waals surface area (Å²) in [7, 11) is 0. The van der Waals surface area contributed by atoms with E-state index in [1.165, 1.54) is 0 Å². The summed E-state index contributed by atoms with van der Waals surface area (Å²) in [5.74, 6) is -0.170. The molecule has 0 aliphatic heterocycles. The van der Waals surface area contributed by atoms with Gasteiger partial charge < -0.3 is 10.3 Å². The Hall–Kier alpha value is -1.85. The molecule has 20 heavy (non-hydrogen) atoms. The van der Waals surface area contributed by atoms with E-state index in [9.17, 15) is 4.79 Å². The molecule has 0 atom stereocenters. The van der Waals surface area contributed by atoms with Crippen molar-refractivity contribution in [3.05, 3.63) is 57.8 Å². The van der Waals surface area contributed by atoms with E-state index in [4.69, 9.17) is 11.6 Å². The zero-order chi connectivity index (χ0) is 14.1. The number of aromatic amines is 1. The van der Waals surface area contributed by atoms with Gasteiger partial charge >= 0.3 is 0 Å². The largest absolute Gasteiger partial charge is 0.329 e. The minimum atomic E-state index is -0.170. The normalized spacial score (nSPS) is 10.7. The van der Waals surface area contributed by atoms with Crippen LogP contribution >= 0.6 is 27.5 Å². The number of halogens is 2. The topological polar surface area (TPSA) is 57.8 Å². The highest BCUT2D eigenvalue weighted by Crippen LogP contribution is 2.20. The number of nitrogens with one attached hydrogen (secondary N) is 2. The molecule has 0 bridgehead atoms. The molecule has 1 heterocycles. The van der Waals surface area contributed by atoms with Crippen molar-refractivity contribution in [2.45, 2.75) is 0 Å². The first-order valence-corrected chi connectivity index (χ1v) is 7.01. The molecule has 0 fully saturated rings. The Labute approximate surface area is 128 Å². The van der Waals surface area contributed by atoms with E-state index in [-0.39, 0.29) is 5.91 Å². The number of rotatable bonds is 2. The van der Waals surface area contributed by atoms with Gasteiger partial charge in [-0.3, -0.25) is 4.79 Å². The Bertz CT molecular complexity index is 800. The molecule has 0 aliphatic rings. The predicted molar refractivity (Wildman–Crippen MR) is 83.2 cm³/mol. The number of hydrogen-bond donors (Lipinski definition) is 2. The monoisotopic (exact) mass is 349 g/mol. The number of aromatic nitrogens is 2. The number of anilines is 1. The van der Waals surface area contributed by atoms with Gasteiger partial charge in [0.2, 0.25) is 5.28 Å². The maximum Gasteiger partial charge on any atom is 0.255 e. The number of carbonyl (C=O) groups is 1. The van der Waals surface area contributed by atoms with E-state index in [0.29, 0.717) is 16.5 Å². The lowest BCUT2D eigenvalue weighted by molar-refractivity contribution is 0.102. The molecule has 1 amide bonds. The van der Waals surface area contributed by atoms with Crippen molar-refractivity contribution in [2.75, 3.05) is 5.32 Å². The summed E-state index contributed by atoms with van der Waals surface area (Å²) >= 11 is 9.14. The van der Waals surface area contributed by atoms with Crippen LogP contribution in [0.1, 0.15) is 10.4 Å². The lowest BCUT2D eigenvalue weighted by Gasteiger charge is -2.05. The van der Waals surface area contributed by atoms with Crippen LogP contribution in [0.25, 0.3) is 11.0 Å². The van der Waals surface area contributed by atoms with Crippen LogP contribution in [-0.4, -0.2) is 15.9 Å². The van der Waals surface area contributed by atoms with Crippen molar-refractivity contribution in [1.82, 2.24) is 9.97 Å². The quantitative estimate of drug-likeness (QED) is 0.726. The lowest BCUT2D eigenvalue weighted by atomic mass is 10.2. The molecule has 4 nitrogen and oxygen atoms in total. The van der Waals surface area contributed by atoms with Crippen LogP contribution in [0.4, 0.5) is 5.69 Å². The second-order valence-corrected chi connectivity index (χ2v) is 5.50. The molecule has 1 aromatic heterocycles. The third-order valence-corrected chi connectivity index (χ3v) is 3.47. The summed E-state index contributed by atoms with van der Waals surface area (Å²) in [6.45, 7) is 0. The Morgan fingerprint density at radius 3 is 2.90 bits per heavy atom. The van der Waals surface area contributed by atoms with Crippen LogP contribution in [0.15, 0.2) is 46.9 Å². The Balaban J connectivity index is 1.87. The first-order chi connectivity index (χ1) is 9.61. The molecular formula is C14H9BrClN3O. The fourth-order valence-electron chi connectivity index (χ4n) is 1.89. The molecule has 0 saturated heterocycles. The summed E-state index contributed by atoms with van der Waals surface area (Å²) in [6.07, 6.45) is 0. The third-order valence-electron chi connectivity index (χ3n) is 2.80. The Morgan fingerprint density at radius 1 is 1.25 bits per heavy atom. The molecule has 0 unspecified atom stereocenters. The van der Waals surface area contributed by atoms with Gasteiger partial charge in [-0.1, -0.05) is 22.0 Å². The van der Waals surface area contributed by atoms with Crippen LogP contribution in [0.3, 0.4) is 0 Å². The average molecular weight is 351 g/mol. The smallest absolute Gasteiger partial charge is 0.255 e. The van der Waals surface area contributed by atoms with Gasteiger partial charge in [-0.05, 0) is 48.0 Å². The number of fused-ring (bicyclic) bond motifs is 1. The molecule has 2 N–H and O–H groups in total. The van der Waals surface area contributed by atoms with E-state index < -0.39 is 0 Å². The predicted octanol–water partition coefficient (Wildman–Crippen LogP) is 4.23. The van der Waals surface area contributed by atoms with Crippen LogP contribution in [0.2, 0.25) is 5.28 Å². The van der Waals surface area contributed by atoms with Crippen LogP contribution < -0.4 is 5.32 Å². The zero-order valence-corrected chi connectivity index (χ0v) is 12.5. The minimum absolute atomic E-state index is 0.170. The van der Waals surface area contributed by atoms with Crippen molar-refractivity contribution < 1.29 is 4.79 Å². The Kier molecular flexibility index (Phi) is 3.46. The highest BCUT2D eigenvalue weighted by molar-refractivity contribution is 9.10. The van der Waals surface area contributed by atoms with Gasteiger partial charge in [0.25, 0.3) is 5.91 Å². The number of carbonyl (C=O) groups excluding carboxylic acids is 1. The van der Waals surface area contributed by atoms with E-state index in [1.807, 2.05) is 12.1 Å². The van der Waals surface area contributed by atoms with Gasteiger partial charge in [-0.25, -0.2) is 4.98 Å². The number of amides is 1. The molecule has 0 radical (unpaired) electrons. The average Bonchev–Trinajstić information content (AvgIpc) is 2.78. The van der Waals surface area contributed by atoms with E-state index in [0.717, 1.165) is 15.5 Å². The number of hydrogen-bond acceptors (Lipinski definition) is 2. The second kappa shape index (κ2) is 5.26. The van der Waals surface area contributed by atoms with Crippen LogP contribution in [-0.2, 0) is 0 Å². The molecule has 3 aromatic rings. The van der Waals surface area contributed by atoms with Crippen molar-refractivity contribution in [1.29, 1.82) is 0 Å². The van der Waals surface area contributed by atoms with Crippen molar-refractivity contribution in [3.63, 3.8) is 0 Å². The van der Waals surface area contributed by atoms with Crippen molar-refractivity contribution in [2.24, 2.45) is 0 Å². The number of benzene rings is 2. The molecule has 0 saturated carbocycles. The number of H-pyrrole nitrogens is 1. The molecule has 3 rings (SSSR count). The SMILES string of the molecule is O=C(Nc1ccc2nc(Cl)[nH]c2c1)c1cccc(Br)c1. The summed E-state index contributed by atoms with van der Waals surface area (Å²) in [5.41, 5.74) is 2.81. The standard InChI is InChI=1S/C14H9BrClN3O/c15-9-3-1-2-8(6-9)13(20)17-10-4-5-11-12(7-10)19-14(16)18-11/h1-7H,(H,17,20)(H,18,19). The van der Waals surface area contributed by atoms with Crippen molar-refractivity contribution >= 4 is 50.2 Å². The van der Waals surface area contributed by atoms with E-state index in [1.54, 1.807) is 30.3 Å². The molecule has 6 heteroatoms. The van der Waals surface area contributed by atoms with Gasteiger partial charge in [0, 0.05) is 15.7 Å². The minimum Gasteiger partial charge on any atom is -0.329 e. The van der Waals surface area contributed by atoms with Crippen molar-refractivity contribution in [3.8, 4) is 0 Å². The molecule has 0 aliphatic carbocycles. The zero-order valence-electron chi connectivity index (χ0n) is 10.2.